The number of aryl methyl sites for hydroxylation is 1. The predicted molar refractivity (Wildman–Crippen MR) is 87.8 cm³/mol. The molecule has 0 atom stereocenters. The number of carbonyl (C=O) groups is 2. The van der Waals surface area contributed by atoms with E-state index in [2.05, 4.69) is 12.2 Å². The van der Waals surface area contributed by atoms with Gasteiger partial charge in [0.25, 0.3) is 5.91 Å². The summed E-state index contributed by atoms with van der Waals surface area (Å²) in [5.41, 5.74) is 1.65. The van der Waals surface area contributed by atoms with Gasteiger partial charge in [-0.05, 0) is 25.5 Å². The van der Waals surface area contributed by atoms with Crippen molar-refractivity contribution in [3.05, 3.63) is 35.4 Å². The molecule has 4 nitrogen and oxygen atoms in total. The molecule has 0 spiro atoms. The summed E-state index contributed by atoms with van der Waals surface area (Å²) in [5.74, 6) is -0.406. The Balaban J connectivity index is 2.10. The number of ether oxygens (including phenoxy) is 1. The van der Waals surface area contributed by atoms with E-state index in [9.17, 15) is 9.59 Å². The summed E-state index contributed by atoms with van der Waals surface area (Å²) in [4.78, 5) is 23.4. The van der Waals surface area contributed by atoms with Crippen molar-refractivity contribution >= 4 is 11.9 Å². The van der Waals surface area contributed by atoms with Gasteiger partial charge in [0.05, 0.1) is 13.0 Å². The van der Waals surface area contributed by atoms with Crippen LogP contribution in [0.15, 0.2) is 24.3 Å². The molecule has 22 heavy (non-hydrogen) atoms. The maximum atomic E-state index is 11.9. The molecular weight excluding hydrogens is 278 g/mol. The fourth-order valence-corrected chi connectivity index (χ4v) is 2.13. The Kier molecular flexibility index (Phi) is 8.96. The van der Waals surface area contributed by atoms with Crippen LogP contribution in [-0.2, 0) is 9.53 Å². The molecule has 1 aromatic rings. The Bertz CT molecular complexity index is 471. The highest BCUT2D eigenvalue weighted by Crippen LogP contribution is 2.04. The summed E-state index contributed by atoms with van der Waals surface area (Å²) in [7, 11) is 0. The van der Waals surface area contributed by atoms with E-state index >= 15 is 0 Å². The summed E-state index contributed by atoms with van der Waals surface area (Å²) in [6.45, 7) is 4.90. The second kappa shape index (κ2) is 10.8. The molecule has 0 saturated carbocycles. The van der Waals surface area contributed by atoms with Crippen LogP contribution >= 0.6 is 0 Å². The van der Waals surface area contributed by atoms with Crippen LogP contribution in [0.1, 0.15) is 61.4 Å². The van der Waals surface area contributed by atoms with Gasteiger partial charge in [0.2, 0.25) is 0 Å². The lowest BCUT2D eigenvalue weighted by Gasteiger charge is -2.07. The van der Waals surface area contributed by atoms with Crippen LogP contribution in [0.3, 0.4) is 0 Å². The van der Waals surface area contributed by atoms with Gasteiger partial charge in [-0.15, -0.1) is 0 Å². The van der Waals surface area contributed by atoms with Crippen LogP contribution in [0.25, 0.3) is 0 Å². The molecule has 1 aromatic carbocycles. The maximum absolute atomic E-state index is 11.9. The van der Waals surface area contributed by atoms with Crippen LogP contribution in [-0.4, -0.2) is 25.0 Å². The van der Waals surface area contributed by atoms with Crippen LogP contribution in [0.2, 0.25) is 0 Å². The zero-order valence-corrected chi connectivity index (χ0v) is 13.7. The van der Waals surface area contributed by atoms with Gasteiger partial charge >= 0.3 is 5.97 Å². The zero-order chi connectivity index (χ0) is 16.2. The molecule has 0 unspecified atom stereocenters. The molecule has 1 N–H and O–H groups in total. The number of esters is 1. The van der Waals surface area contributed by atoms with Crippen molar-refractivity contribution in [1.82, 2.24) is 5.32 Å². The zero-order valence-electron chi connectivity index (χ0n) is 13.7. The summed E-state index contributed by atoms with van der Waals surface area (Å²) in [5, 5.41) is 2.74. The van der Waals surface area contributed by atoms with Crippen molar-refractivity contribution in [2.45, 2.75) is 52.4 Å². The molecule has 122 valence electrons. The average molecular weight is 305 g/mol. The fraction of sp³-hybridized carbons (Fsp3) is 0.556. The minimum atomic E-state index is -0.250. The molecule has 1 rings (SSSR count). The smallest absolute Gasteiger partial charge is 0.307 e. The standard InChI is InChI=1S/C18H27NO3/c1-3-4-5-6-7-13-22-17(20)11-12-19-18(21)16-10-8-9-15(2)14-16/h8-10,14H,3-7,11-13H2,1-2H3,(H,19,21). The Labute approximate surface area is 133 Å². The molecule has 0 saturated heterocycles. The van der Waals surface area contributed by atoms with Crippen LogP contribution < -0.4 is 5.32 Å². The van der Waals surface area contributed by atoms with Crippen molar-refractivity contribution in [3.63, 3.8) is 0 Å². The minimum absolute atomic E-state index is 0.156. The van der Waals surface area contributed by atoms with Gasteiger partial charge in [-0.1, -0.05) is 50.3 Å². The molecule has 0 radical (unpaired) electrons. The van der Waals surface area contributed by atoms with E-state index in [1.54, 1.807) is 6.07 Å². The number of nitrogens with one attached hydrogen (secondary N) is 1. The normalized spacial score (nSPS) is 10.3. The molecule has 0 heterocycles. The number of rotatable bonds is 10. The van der Waals surface area contributed by atoms with E-state index in [1.807, 2.05) is 25.1 Å². The van der Waals surface area contributed by atoms with Gasteiger partial charge in [0.15, 0.2) is 0 Å². The highest BCUT2D eigenvalue weighted by Gasteiger charge is 2.07. The maximum Gasteiger partial charge on any atom is 0.307 e. The van der Waals surface area contributed by atoms with Crippen molar-refractivity contribution in [1.29, 1.82) is 0 Å². The van der Waals surface area contributed by atoms with Gasteiger partial charge < -0.3 is 10.1 Å². The molecule has 1 amide bonds. The van der Waals surface area contributed by atoms with Crippen LogP contribution in [0, 0.1) is 6.92 Å². The first-order valence-electron chi connectivity index (χ1n) is 8.14. The number of hydrogen-bond donors (Lipinski definition) is 1. The summed E-state index contributed by atoms with van der Waals surface area (Å²) in [6.07, 6.45) is 5.87. The molecule has 0 bridgehead atoms. The highest BCUT2D eigenvalue weighted by molar-refractivity contribution is 5.94. The van der Waals surface area contributed by atoms with Gasteiger partial charge in [0, 0.05) is 12.1 Å². The summed E-state index contributed by atoms with van der Waals surface area (Å²) in [6, 6.07) is 7.37. The second-order valence-corrected chi connectivity index (χ2v) is 5.51. The molecule has 0 aliphatic carbocycles. The van der Waals surface area contributed by atoms with Crippen molar-refractivity contribution in [3.8, 4) is 0 Å². The van der Waals surface area contributed by atoms with E-state index in [0.717, 1.165) is 18.4 Å². The van der Waals surface area contributed by atoms with Gasteiger partial charge in [-0.2, -0.15) is 0 Å². The quantitative estimate of drug-likeness (QED) is 0.530. The summed E-state index contributed by atoms with van der Waals surface area (Å²) < 4.78 is 5.14. The third-order valence-corrected chi connectivity index (χ3v) is 3.41. The molecule has 0 aliphatic rings. The number of hydrogen-bond acceptors (Lipinski definition) is 3. The third kappa shape index (κ3) is 7.81. The van der Waals surface area contributed by atoms with Crippen LogP contribution in [0.4, 0.5) is 0 Å². The largest absolute Gasteiger partial charge is 0.466 e. The second-order valence-electron chi connectivity index (χ2n) is 5.51. The number of amides is 1. The van der Waals surface area contributed by atoms with Crippen molar-refractivity contribution in [2.24, 2.45) is 0 Å². The number of carbonyl (C=O) groups excluding carboxylic acids is 2. The average Bonchev–Trinajstić information content (AvgIpc) is 2.50. The van der Waals surface area contributed by atoms with E-state index in [1.165, 1.54) is 19.3 Å². The first-order valence-corrected chi connectivity index (χ1v) is 8.14. The van der Waals surface area contributed by atoms with E-state index in [-0.39, 0.29) is 18.3 Å². The van der Waals surface area contributed by atoms with Gasteiger partial charge in [0.1, 0.15) is 0 Å². The fourth-order valence-electron chi connectivity index (χ4n) is 2.13. The summed E-state index contributed by atoms with van der Waals surface area (Å²) >= 11 is 0. The topological polar surface area (TPSA) is 55.4 Å². The number of benzene rings is 1. The van der Waals surface area contributed by atoms with E-state index in [0.29, 0.717) is 18.7 Å². The Morgan fingerprint density at radius 1 is 1.14 bits per heavy atom. The molecule has 0 aromatic heterocycles. The highest BCUT2D eigenvalue weighted by atomic mass is 16.5. The minimum Gasteiger partial charge on any atom is -0.466 e. The first kappa shape index (κ1) is 18.2. The van der Waals surface area contributed by atoms with E-state index < -0.39 is 0 Å². The van der Waals surface area contributed by atoms with Gasteiger partial charge in [-0.25, -0.2) is 0 Å². The molecule has 0 aliphatic heterocycles. The van der Waals surface area contributed by atoms with Crippen LogP contribution in [0.5, 0.6) is 0 Å². The lowest BCUT2D eigenvalue weighted by atomic mass is 10.1. The van der Waals surface area contributed by atoms with E-state index in [4.69, 9.17) is 4.74 Å². The van der Waals surface area contributed by atoms with Crippen molar-refractivity contribution < 1.29 is 14.3 Å². The monoisotopic (exact) mass is 305 g/mol. The third-order valence-electron chi connectivity index (χ3n) is 3.41. The Morgan fingerprint density at radius 2 is 1.91 bits per heavy atom. The lowest BCUT2D eigenvalue weighted by Crippen LogP contribution is -2.26. The predicted octanol–water partition coefficient (Wildman–Crippen LogP) is 3.63. The first-order chi connectivity index (χ1) is 10.6. The molecule has 0 fully saturated rings. The van der Waals surface area contributed by atoms with Gasteiger partial charge in [-0.3, -0.25) is 9.59 Å². The molecular formula is C18H27NO3. The Morgan fingerprint density at radius 3 is 2.64 bits per heavy atom. The number of unbranched alkanes of at least 4 members (excludes halogenated alkanes) is 4. The Hall–Kier alpha value is -1.84. The molecule has 4 heteroatoms. The lowest BCUT2D eigenvalue weighted by molar-refractivity contribution is -0.143. The van der Waals surface area contributed by atoms with Crippen molar-refractivity contribution in [2.75, 3.05) is 13.2 Å². The SMILES string of the molecule is CCCCCCCOC(=O)CCNC(=O)c1cccc(C)c1.